The van der Waals surface area contributed by atoms with Crippen molar-refractivity contribution in [1.29, 1.82) is 0 Å². The van der Waals surface area contributed by atoms with Crippen LogP contribution < -0.4 is 10.0 Å². The van der Waals surface area contributed by atoms with Crippen LogP contribution in [0.1, 0.15) is 30.6 Å². The number of nitrogens with one attached hydrogen (secondary N) is 2. The average Bonchev–Trinajstić information content (AvgIpc) is 3.14. The Morgan fingerprint density at radius 3 is 2.74 bits per heavy atom. The molecule has 2 aromatic rings. The minimum absolute atomic E-state index is 0.0642. The molecule has 1 atom stereocenters. The van der Waals surface area contributed by atoms with Crippen molar-refractivity contribution in [3.8, 4) is 0 Å². The lowest BCUT2D eigenvalue weighted by Gasteiger charge is -2.04. The van der Waals surface area contributed by atoms with E-state index in [9.17, 15) is 17.6 Å². The fraction of sp³-hybridized carbons (Fsp3) is 0.308. The third kappa shape index (κ3) is 3.54. The van der Waals surface area contributed by atoms with Crippen molar-refractivity contribution < 1.29 is 22.1 Å². The van der Waals surface area contributed by atoms with Gasteiger partial charge >= 0.3 is 0 Å². The lowest BCUT2D eigenvalue weighted by atomic mass is 10.2. The minimum atomic E-state index is -3.80. The van der Waals surface area contributed by atoms with Crippen LogP contribution in [-0.4, -0.2) is 24.5 Å². The SMILES string of the molecule is O=C1CC[C@@H](c2nc(CNS(=O)(=O)c3ccc(F)cc3)no2)N1. The Hall–Kier alpha value is -2.33. The van der Waals surface area contributed by atoms with Gasteiger partial charge in [0, 0.05) is 6.42 Å². The van der Waals surface area contributed by atoms with E-state index in [0.29, 0.717) is 12.8 Å². The zero-order valence-corrected chi connectivity index (χ0v) is 12.6. The summed E-state index contributed by atoms with van der Waals surface area (Å²) in [4.78, 5) is 15.1. The van der Waals surface area contributed by atoms with Crippen LogP contribution in [0.3, 0.4) is 0 Å². The lowest BCUT2D eigenvalue weighted by molar-refractivity contribution is -0.119. The fourth-order valence-electron chi connectivity index (χ4n) is 2.14. The summed E-state index contributed by atoms with van der Waals surface area (Å²) in [5.74, 6) is -0.226. The van der Waals surface area contributed by atoms with Gasteiger partial charge < -0.3 is 9.84 Å². The van der Waals surface area contributed by atoms with E-state index in [2.05, 4.69) is 20.2 Å². The number of halogens is 1. The second-order valence-corrected chi connectivity index (χ2v) is 6.75. The maximum Gasteiger partial charge on any atom is 0.249 e. The van der Waals surface area contributed by atoms with E-state index < -0.39 is 15.8 Å². The largest absolute Gasteiger partial charge is 0.344 e. The van der Waals surface area contributed by atoms with E-state index in [1.54, 1.807) is 0 Å². The normalized spacial score (nSPS) is 18.1. The number of carbonyl (C=O) groups is 1. The molecule has 8 nitrogen and oxygen atoms in total. The summed E-state index contributed by atoms with van der Waals surface area (Å²) in [7, 11) is -3.80. The Kier molecular flexibility index (Phi) is 4.09. The summed E-state index contributed by atoms with van der Waals surface area (Å²) in [5.41, 5.74) is 0. The second kappa shape index (κ2) is 6.05. The lowest BCUT2D eigenvalue weighted by Crippen LogP contribution is -2.24. The highest BCUT2D eigenvalue weighted by atomic mass is 32.2. The van der Waals surface area contributed by atoms with E-state index in [1.165, 1.54) is 0 Å². The molecule has 23 heavy (non-hydrogen) atoms. The van der Waals surface area contributed by atoms with Gasteiger partial charge in [0.2, 0.25) is 21.8 Å². The molecule has 0 spiro atoms. The standard InChI is InChI=1S/C13H13FN4O4S/c14-8-1-3-9(4-2-8)23(20,21)15-7-11-17-13(22-18-11)10-5-6-12(19)16-10/h1-4,10,15H,5-7H2,(H,16,19)/t10-/m0/s1. The van der Waals surface area contributed by atoms with Crippen LogP contribution in [0.5, 0.6) is 0 Å². The van der Waals surface area contributed by atoms with Crippen LogP contribution in [0, 0.1) is 5.82 Å². The van der Waals surface area contributed by atoms with E-state index in [1.807, 2.05) is 0 Å². The van der Waals surface area contributed by atoms with Crippen LogP contribution in [0.15, 0.2) is 33.7 Å². The molecular formula is C13H13FN4O4S. The molecule has 1 aliphatic rings. The van der Waals surface area contributed by atoms with Gasteiger partial charge in [-0.15, -0.1) is 0 Å². The topological polar surface area (TPSA) is 114 Å². The molecule has 0 saturated carbocycles. The van der Waals surface area contributed by atoms with E-state index in [4.69, 9.17) is 4.52 Å². The zero-order chi connectivity index (χ0) is 16.4. The van der Waals surface area contributed by atoms with Crippen molar-refractivity contribution >= 4 is 15.9 Å². The quantitative estimate of drug-likeness (QED) is 0.825. The Bertz CT molecular complexity index is 819. The van der Waals surface area contributed by atoms with Crippen LogP contribution in [0.2, 0.25) is 0 Å². The molecule has 1 saturated heterocycles. The molecule has 0 bridgehead atoms. The van der Waals surface area contributed by atoms with Gasteiger partial charge in [0.25, 0.3) is 0 Å². The van der Waals surface area contributed by atoms with Gasteiger partial charge in [-0.25, -0.2) is 17.5 Å². The molecule has 1 aliphatic heterocycles. The first-order chi connectivity index (χ1) is 10.9. The molecule has 2 heterocycles. The Morgan fingerprint density at radius 1 is 1.35 bits per heavy atom. The number of rotatable bonds is 5. The van der Waals surface area contributed by atoms with Gasteiger partial charge in [0.15, 0.2) is 5.82 Å². The molecule has 3 rings (SSSR count). The van der Waals surface area contributed by atoms with E-state index >= 15 is 0 Å². The zero-order valence-electron chi connectivity index (χ0n) is 11.8. The Balaban J connectivity index is 1.65. The first-order valence-corrected chi connectivity index (χ1v) is 8.29. The number of hydrogen-bond acceptors (Lipinski definition) is 6. The van der Waals surface area contributed by atoms with Crippen molar-refractivity contribution in [2.24, 2.45) is 0 Å². The summed E-state index contributed by atoms with van der Waals surface area (Å²) in [5, 5.41) is 6.35. The van der Waals surface area contributed by atoms with Crippen LogP contribution in [0.4, 0.5) is 4.39 Å². The molecule has 0 unspecified atom stereocenters. The predicted octanol–water partition coefficient (Wildman–Crippen LogP) is 0.638. The number of aromatic nitrogens is 2. The molecule has 2 N–H and O–H groups in total. The van der Waals surface area contributed by atoms with Crippen LogP contribution in [-0.2, 0) is 21.4 Å². The molecule has 1 aromatic carbocycles. The maximum absolute atomic E-state index is 12.8. The number of benzene rings is 1. The monoisotopic (exact) mass is 340 g/mol. The molecule has 1 amide bonds. The molecule has 1 fully saturated rings. The number of carbonyl (C=O) groups excluding carboxylic acids is 1. The van der Waals surface area contributed by atoms with Crippen molar-refractivity contribution in [1.82, 2.24) is 20.2 Å². The average molecular weight is 340 g/mol. The van der Waals surface area contributed by atoms with Gasteiger partial charge in [-0.1, -0.05) is 5.16 Å². The van der Waals surface area contributed by atoms with Crippen molar-refractivity contribution in [2.75, 3.05) is 0 Å². The predicted molar refractivity (Wildman–Crippen MR) is 74.8 cm³/mol. The summed E-state index contributed by atoms with van der Waals surface area (Å²) < 4.78 is 44.2. The van der Waals surface area contributed by atoms with Gasteiger partial charge in [0.05, 0.1) is 11.4 Å². The molecule has 0 aliphatic carbocycles. The maximum atomic E-state index is 12.8. The second-order valence-electron chi connectivity index (χ2n) is 4.99. The van der Waals surface area contributed by atoms with Crippen molar-refractivity contribution in [2.45, 2.75) is 30.3 Å². The van der Waals surface area contributed by atoms with Crippen LogP contribution >= 0.6 is 0 Å². The Morgan fingerprint density at radius 2 is 2.09 bits per heavy atom. The summed E-state index contributed by atoms with van der Waals surface area (Å²) >= 11 is 0. The number of nitrogens with zero attached hydrogens (tertiary/aromatic N) is 2. The van der Waals surface area contributed by atoms with Gasteiger partial charge in [0.1, 0.15) is 11.9 Å². The third-order valence-corrected chi connectivity index (χ3v) is 4.74. The summed E-state index contributed by atoms with van der Waals surface area (Å²) in [6.45, 7) is -0.177. The van der Waals surface area contributed by atoms with Gasteiger partial charge in [-0.05, 0) is 30.7 Å². The van der Waals surface area contributed by atoms with Crippen molar-refractivity contribution in [3.05, 3.63) is 41.8 Å². The van der Waals surface area contributed by atoms with Gasteiger partial charge in [-0.2, -0.15) is 4.98 Å². The molecule has 10 heteroatoms. The van der Waals surface area contributed by atoms with Gasteiger partial charge in [-0.3, -0.25) is 4.79 Å². The molecular weight excluding hydrogens is 327 g/mol. The smallest absolute Gasteiger partial charge is 0.249 e. The first kappa shape index (κ1) is 15.6. The highest BCUT2D eigenvalue weighted by Gasteiger charge is 2.27. The van der Waals surface area contributed by atoms with Crippen LogP contribution in [0.25, 0.3) is 0 Å². The molecule has 0 radical (unpaired) electrons. The summed E-state index contributed by atoms with van der Waals surface area (Å²) in [6, 6.07) is 4.10. The molecule has 122 valence electrons. The highest BCUT2D eigenvalue weighted by Crippen LogP contribution is 2.22. The van der Waals surface area contributed by atoms with E-state index in [-0.39, 0.29) is 35.1 Å². The van der Waals surface area contributed by atoms with Crippen molar-refractivity contribution in [3.63, 3.8) is 0 Å². The fourth-order valence-corrected chi connectivity index (χ4v) is 3.12. The third-order valence-electron chi connectivity index (χ3n) is 3.32. The number of amides is 1. The summed E-state index contributed by atoms with van der Waals surface area (Å²) in [6.07, 6.45) is 0.946. The number of hydrogen-bond donors (Lipinski definition) is 2. The first-order valence-electron chi connectivity index (χ1n) is 6.81. The Labute approximate surface area is 131 Å². The number of sulfonamides is 1. The highest BCUT2D eigenvalue weighted by molar-refractivity contribution is 7.89. The minimum Gasteiger partial charge on any atom is -0.344 e. The molecule has 1 aromatic heterocycles. The van der Waals surface area contributed by atoms with E-state index in [0.717, 1.165) is 24.3 Å².